The zero-order chi connectivity index (χ0) is 14.5. The van der Waals surface area contributed by atoms with Gasteiger partial charge in [0.15, 0.2) is 0 Å². The molecule has 1 heterocycles. The summed E-state index contributed by atoms with van der Waals surface area (Å²) in [4.78, 5) is 22.8. The number of carboxylic acids is 1. The number of amides is 1. The topological polar surface area (TPSA) is 92.4 Å². The lowest BCUT2D eigenvalue weighted by molar-refractivity contribution is -0.142. The molecule has 1 aliphatic rings. The van der Waals surface area contributed by atoms with Crippen molar-refractivity contribution in [1.29, 1.82) is 0 Å². The minimum Gasteiger partial charge on any atom is -0.481 e. The fraction of sp³-hybridized carbons (Fsp3) is 0.500. The fourth-order valence-corrected chi connectivity index (χ4v) is 2.25. The maximum Gasteiger partial charge on any atom is 0.306 e. The number of nitrogens with one attached hydrogen (secondary N) is 1. The van der Waals surface area contributed by atoms with E-state index in [1.807, 2.05) is 12.2 Å². The van der Waals surface area contributed by atoms with E-state index in [1.54, 1.807) is 13.0 Å². The van der Waals surface area contributed by atoms with Gasteiger partial charge in [-0.2, -0.15) is 0 Å². The van der Waals surface area contributed by atoms with Crippen LogP contribution in [0, 0.1) is 12.8 Å². The average molecular weight is 278 g/mol. The summed E-state index contributed by atoms with van der Waals surface area (Å²) < 4.78 is 4.93. The van der Waals surface area contributed by atoms with Gasteiger partial charge in [-0.1, -0.05) is 17.3 Å². The molecule has 0 aromatic carbocycles. The number of carboxylic acid groups (broad SMARTS) is 1. The summed E-state index contributed by atoms with van der Waals surface area (Å²) in [5, 5.41) is 15.6. The molecule has 1 aromatic rings. The zero-order valence-electron chi connectivity index (χ0n) is 11.3. The van der Waals surface area contributed by atoms with Gasteiger partial charge in [-0.25, -0.2) is 0 Å². The summed E-state index contributed by atoms with van der Waals surface area (Å²) in [6.07, 6.45) is 5.47. The van der Waals surface area contributed by atoms with E-state index in [0.717, 1.165) is 11.5 Å². The molecule has 0 aliphatic heterocycles. The van der Waals surface area contributed by atoms with Crippen LogP contribution in [0.5, 0.6) is 0 Å². The van der Waals surface area contributed by atoms with E-state index >= 15 is 0 Å². The summed E-state index contributed by atoms with van der Waals surface area (Å²) in [5.41, 5.74) is 0.750. The molecule has 0 unspecified atom stereocenters. The molecule has 2 N–H and O–H groups in total. The molecule has 1 aliphatic carbocycles. The number of rotatable bonds is 5. The molecule has 6 heteroatoms. The van der Waals surface area contributed by atoms with Crippen molar-refractivity contribution in [3.8, 4) is 0 Å². The maximum atomic E-state index is 11.8. The van der Waals surface area contributed by atoms with Crippen molar-refractivity contribution < 1.29 is 19.2 Å². The second kappa shape index (κ2) is 6.36. The van der Waals surface area contributed by atoms with Crippen molar-refractivity contribution in [2.45, 2.75) is 38.6 Å². The van der Waals surface area contributed by atoms with Crippen LogP contribution in [0.4, 0.5) is 0 Å². The van der Waals surface area contributed by atoms with Gasteiger partial charge in [0.05, 0.1) is 11.6 Å². The largest absolute Gasteiger partial charge is 0.481 e. The van der Waals surface area contributed by atoms with Crippen LogP contribution in [0.1, 0.15) is 30.7 Å². The smallest absolute Gasteiger partial charge is 0.306 e. The Morgan fingerprint density at radius 2 is 2.35 bits per heavy atom. The van der Waals surface area contributed by atoms with Gasteiger partial charge < -0.3 is 14.9 Å². The van der Waals surface area contributed by atoms with E-state index in [0.29, 0.717) is 25.7 Å². The molecule has 0 radical (unpaired) electrons. The summed E-state index contributed by atoms with van der Waals surface area (Å²) in [5.74, 6) is -0.610. The van der Waals surface area contributed by atoms with Crippen LogP contribution in [0.25, 0.3) is 0 Å². The lowest BCUT2D eigenvalue weighted by Gasteiger charge is -2.22. The SMILES string of the molecule is Cc1cc(CCC(=O)N[C@H]2C=CC[C@H](C(=O)O)C2)no1. The zero-order valence-corrected chi connectivity index (χ0v) is 11.3. The number of aromatic nitrogens is 1. The lowest BCUT2D eigenvalue weighted by Crippen LogP contribution is -2.37. The van der Waals surface area contributed by atoms with Crippen molar-refractivity contribution >= 4 is 11.9 Å². The number of carbonyl (C=O) groups excluding carboxylic acids is 1. The Labute approximate surface area is 116 Å². The third kappa shape index (κ3) is 3.94. The Kier molecular flexibility index (Phi) is 4.55. The minimum atomic E-state index is -0.813. The minimum absolute atomic E-state index is 0.105. The van der Waals surface area contributed by atoms with Crippen molar-refractivity contribution in [2.75, 3.05) is 0 Å². The highest BCUT2D eigenvalue weighted by atomic mass is 16.5. The van der Waals surface area contributed by atoms with E-state index in [-0.39, 0.29) is 11.9 Å². The molecule has 0 spiro atoms. The van der Waals surface area contributed by atoms with Crippen molar-refractivity contribution in [1.82, 2.24) is 10.5 Å². The van der Waals surface area contributed by atoms with Crippen molar-refractivity contribution in [3.63, 3.8) is 0 Å². The molecule has 1 amide bonds. The van der Waals surface area contributed by atoms with E-state index in [1.165, 1.54) is 0 Å². The molecule has 0 bridgehead atoms. The second-order valence-corrected chi connectivity index (χ2v) is 5.04. The van der Waals surface area contributed by atoms with Gasteiger partial charge in [0.2, 0.25) is 5.91 Å². The van der Waals surface area contributed by atoms with E-state index in [4.69, 9.17) is 9.63 Å². The Bertz CT molecular complexity index is 521. The van der Waals surface area contributed by atoms with Crippen LogP contribution in [0.3, 0.4) is 0 Å². The van der Waals surface area contributed by atoms with Gasteiger partial charge in [-0.05, 0) is 19.8 Å². The molecule has 0 fully saturated rings. The number of nitrogens with zero attached hydrogens (tertiary/aromatic N) is 1. The Morgan fingerprint density at radius 1 is 1.55 bits per heavy atom. The third-order valence-corrected chi connectivity index (χ3v) is 3.31. The molecule has 0 saturated carbocycles. The van der Waals surface area contributed by atoms with Gasteiger partial charge in [0.1, 0.15) is 5.76 Å². The van der Waals surface area contributed by atoms with Crippen LogP contribution in [-0.2, 0) is 16.0 Å². The molecule has 20 heavy (non-hydrogen) atoms. The molecule has 2 atom stereocenters. The highest BCUT2D eigenvalue weighted by molar-refractivity contribution is 5.77. The molecular formula is C14H18N2O4. The summed E-state index contributed by atoms with van der Waals surface area (Å²) in [6.45, 7) is 1.80. The standard InChI is InChI=1S/C14H18N2O4/c1-9-7-12(16-20-9)5-6-13(17)15-11-4-2-3-10(8-11)14(18)19/h2,4,7,10-11H,3,5-6,8H2,1H3,(H,15,17)(H,18,19)/t10-,11-/m0/s1. The quantitative estimate of drug-likeness (QED) is 0.795. The van der Waals surface area contributed by atoms with E-state index in [9.17, 15) is 9.59 Å². The van der Waals surface area contributed by atoms with Gasteiger partial charge in [-0.15, -0.1) is 0 Å². The van der Waals surface area contributed by atoms with Crippen molar-refractivity contribution in [2.24, 2.45) is 5.92 Å². The Balaban J connectivity index is 1.78. The monoisotopic (exact) mass is 278 g/mol. The first kappa shape index (κ1) is 14.3. The van der Waals surface area contributed by atoms with E-state index < -0.39 is 11.9 Å². The number of hydrogen-bond donors (Lipinski definition) is 2. The number of allylic oxidation sites excluding steroid dienone is 1. The normalized spacial score (nSPS) is 21.6. The van der Waals surface area contributed by atoms with Gasteiger partial charge in [-0.3, -0.25) is 9.59 Å². The first-order valence-electron chi connectivity index (χ1n) is 6.65. The lowest BCUT2D eigenvalue weighted by atomic mass is 9.91. The summed E-state index contributed by atoms with van der Waals surface area (Å²) in [6, 6.07) is 1.60. The van der Waals surface area contributed by atoms with Crippen molar-refractivity contribution in [3.05, 3.63) is 29.7 Å². The highest BCUT2D eigenvalue weighted by Gasteiger charge is 2.24. The first-order chi connectivity index (χ1) is 9.54. The molecule has 0 saturated heterocycles. The van der Waals surface area contributed by atoms with Gasteiger partial charge >= 0.3 is 5.97 Å². The van der Waals surface area contributed by atoms with Gasteiger partial charge in [0.25, 0.3) is 0 Å². The van der Waals surface area contributed by atoms with Crippen LogP contribution < -0.4 is 5.32 Å². The molecule has 1 aromatic heterocycles. The third-order valence-electron chi connectivity index (χ3n) is 3.31. The Morgan fingerprint density at radius 3 is 3.00 bits per heavy atom. The molecular weight excluding hydrogens is 260 g/mol. The summed E-state index contributed by atoms with van der Waals surface area (Å²) >= 11 is 0. The number of aliphatic carboxylic acids is 1. The molecule has 6 nitrogen and oxygen atoms in total. The maximum absolute atomic E-state index is 11.8. The Hall–Kier alpha value is -2.11. The fourth-order valence-electron chi connectivity index (χ4n) is 2.25. The number of hydrogen-bond acceptors (Lipinski definition) is 4. The van der Waals surface area contributed by atoms with E-state index in [2.05, 4.69) is 10.5 Å². The van der Waals surface area contributed by atoms with Crippen LogP contribution in [0.2, 0.25) is 0 Å². The van der Waals surface area contributed by atoms with Crippen LogP contribution >= 0.6 is 0 Å². The van der Waals surface area contributed by atoms with Gasteiger partial charge in [0, 0.05) is 24.9 Å². The molecule has 2 rings (SSSR count). The highest BCUT2D eigenvalue weighted by Crippen LogP contribution is 2.19. The first-order valence-corrected chi connectivity index (χ1v) is 6.65. The van der Waals surface area contributed by atoms with Crippen LogP contribution in [0.15, 0.2) is 22.7 Å². The summed E-state index contributed by atoms with van der Waals surface area (Å²) in [7, 11) is 0. The molecule has 108 valence electrons. The number of aryl methyl sites for hydroxylation is 2. The second-order valence-electron chi connectivity index (χ2n) is 5.04. The predicted octanol–water partition coefficient (Wildman–Crippen LogP) is 1.45. The predicted molar refractivity (Wildman–Crippen MR) is 71.0 cm³/mol. The number of carbonyl (C=O) groups is 2. The average Bonchev–Trinajstić information content (AvgIpc) is 2.82. The van der Waals surface area contributed by atoms with Crippen LogP contribution in [-0.4, -0.2) is 28.2 Å².